The number of amides is 1. The Kier molecular flexibility index (Phi) is 5.70. The fourth-order valence-electron chi connectivity index (χ4n) is 3.39. The first-order valence-corrected chi connectivity index (χ1v) is 10.1. The van der Waals surface area contributed by atoms with Crippen LogP contribution in [0.5, 0.6) is 0 Å². The molecule has 0 saturated heterocycles. The van der Waals surface area contributed by atoms with Crippen molar-refractivity contribution in [2.75, 3.05) is 0 Å². The molecule has 3 N–H and O–H groups in total. The Hall–Kier alpha value is -2.22. The standard InChI is InChI=1S/C19H22N2O4S/c22-19(20-23)17-8-4-5-9-18(17)21-26(24,25)16-12-10-15(11-13-16)14-6-2-1-3-7-14/h1-3,6-7,10-13,17-18,21,23H,4-5,8-9H2,(H,20,22)/t17?,18-/m0/s1. The third-order valence-electron chi connectivity index (χ3n) is 4.79. The highest BCUT2D eigenvalue weighted by Crippen LogP contribution is 2.27. The van der Waals surface area contributed by atoms with Gasteiger partial charge in [-0.2, -0.15) is 0 Å². The molecule has 2 aromatic rings. The highest BCUT2D eigenvalue weighted by molar-refractivity contribution is 7.89. The van der Waals surface area contributed by atoms with Crippen LogP contribution in [0.15, 0.2) is 59.5 Å². The van der Waals surface area contributed by atoms with Gasteiger partial charge < -0.3 is 0 Å². The van der Waals surface area contributed by atoms with Crippen LogP contribution in [0.4, 0.5) is 0 Å². The Morgan fingerprint density at radius 3 is 2.19 bits per heavy atom. The minimum Gasteiger partial charge on any atom is -0.289 e. The van der Waals surface area contributed by atoms with Gasteiger partial charge in [-0.15, -0.1) is 0 Å². The maximum atomic E-state index is 12.7. The maximum absolute atomic E-state index is 12.7. The van der Waals surface area contributed by atoms with Gasteiger partial charge in [-0.1, -0.05) is 55.3 Å². The molecule has 0 radical (unpaired) electrons. The highest BCUT2D eigenvalue weighted by Gasteiger charge is 2.34. The van der Waals surface area contributed by atoms with Gasteiger partial charge >= 0.3 is 0 Å². The molecule has 1 amide bonds. The van der Waals surface area contributed by atoms with E-state index < -0.39 is 27.9 Å². The maximum Gasteiger partial charge on any atom is 0.248 e. The molecule has 1 saturated carbocycles. The number of rotatable bonds is 5. The molecule has 6 nitrogen and oxygen atoms in total. The lowest BCUT2D eigenvalue weighted by molar-refractivity contribution is -0.135. The first-order chi connectivity index (χ1) is 12.5. The van der Waals surface area contributed by atoms with Gasteiger partial charge in [-0.25, -0.2) is 18.6 Å². The summed E-state index contributed by atoms with van der Waals surface area (Å²) >= 11 is 0. The number of sulfonamides is 1. The molecule has 3 rings (SSSR count). The normalized spacial score (nSPS) is 20.5. The number of carbonyl (C=O) groups is 1. The van der Waals surface area contributed by atoms with Gasteiger partial charge in [0, 0.05) is 6.04 Å². The molecule has 0 aliphatic heterocycles. The first-order valence-electron chi connectivity index (χ1n) is 8.63. The number of benzene rings is 2. The van der Waals surface area contributed by atoms with Gasteiger partial charge in [-0.05, 0) is 36.1 Å². The third-order valence-corrected chi connectivity index (χ3v) is 6.30. The van der Waals surface area contributed by atoms with E-state index >= 15 is 0 Å². The second kappa shape index (κ2) is 7.99. The van der Waals surface area contributed by atoms with Crippen LogP contribution in [0.1, 0.15) is 25.7 Å². The number of hydroxylamine groups is 1. The zero-order valence-electron chi connectivity index (χ0n) is 14.3. The number of hydrogen-bond acceptors (Lipinski definition) is 4. The minimum absolute atomic E-state index is 0.158. The van der Waals surface area contributed by atoms with Gasteiger partial charge in [0.2, 0.25) is 15.9 Å². The molecule has 1 aliphatic carbocycles. The average molecular weight is 374 g/mol. The number of hydrogen-bond donors (Lipinski definition) is 3. The van der Waals surface area contributed by atoms with E-state index in [4.69, 9.17) is 5.21 Å². The van der Waals surface area contributed by atoms with Crippen LogP contribution in [0, 0.1) is 5.92 Å². The second-order valence-electron chi connectivity index (χ2n) is 6.49. The average Bonchev–Trinajstić information content (AvgIpc) is 2.68. The zero-order valence-corrected chi connectivity index (χ0v) is 15.1. The number of carbonyl (C=O) groups excluding carboxylic acids is 1. The smallest absolute Gasteiger partial charge is 0.248 e. The minimum atomic E-state index is -3.75. The molecular formula is C19H22N2O4S. The second-order valence-corrected chi connectivity index (χ2v) is 8.20. The van der Waals surface area contributed by atoms with Crippen molar-refractivity contribution in [3.8, 4) is 11.1 Å². The summed E-state index contributed by atoms with van der Waals surface area (Å²) in [5.41, 5.74) is 3.58. The van der Waals surface area contributed by atoms with Gasteiger partial charge in [-0.3, -0.25) is 10.0 Å². The van der Waals surface area contributed by atoms with Crippen molar-refractivity contribution in [1.29, 1.82) is 0 Å². The van der Waals surface area contributed by atoms with Crippen molar-refractivity contribution in [2.45, 2.75) is 36.6 Å². The van der Waals surface area contributed by atoms with Gasteiger partial charge in [0.25, 0.3) is 0 Å². The molecule has 0 aromatic heterocycles. The summed E-state index contributed by atoms with van der Waals surface area (Å²) in [7, 11) is -3.75. The topological polar surface area (TPSA) is 95.5 Å². The Morgan fingerprint density at radius 2 is 1.54 bits per heavy atom. The van der Waals surface area contributed by atoms with Crippen molar-refractivity contribution in [3.05, 3.63) is 54.6 Å². The first kappa shape index (κ1) is 18.6. The summed E-state index contributed by atoms with van der Waals surface area (Å²) in [5.74, 6) is -1.11. The lowest BCUT2D eigenvalue weighted by atomic mass is 9.85. The predicted octanol–water partition coefficient (Wildman–Crippen LogP) is 2.70. The van der Waals surface area contributed by atoms with Crippen LogP contribution in [0.2, 0.25) is 0 Å². The van der Waals surface area contributed by atoms with E-state index in [0.717, 1.165) is 24.0 Å². The van der Waals surface area contributed by atoms with Gasteiger partial charge in [0.05, 0.1) is 10.8 Å². The lowest BCUT2D eigenvalue weighted by Gasteiger charge is -2.30. The largest absolute Gasteiger partial charge is 0.289 e. The SMILES string of the molecule is O=C(NO)C1CCCC[C@@H]1NS(=O)(=O)c1ccc(-c2ccccc2)cc1. The molecule has 1 unspecified atom stereocenters. The van der Waals surface area contributed by atoms with Crippen molar-refractivity contribution in [2.24, 2.45) is 5.92 Å². The Balaban J connectivity index is 1.78. The monoisotopic (exact) mass is 374 g/mol. The van der Waals surface area contributed by atoms with E-state index in [-0.39, 0.29) is 4.90 Å². The van der Waals surface area contributed by atoms with Crippen LogP contribution in [-0.2, 0) is 14.8 Å². The quantitative estimate of drug-likeness (QED) is 0.554. The Morgan fingerprint density at radius 1 is 0.923 bits per heavy atom. The van der Waals surface area contributed by atoms with E-state index in [2.05, 4.69) is 4.72 Å². The molecule has 1 aliphatic rings. The van der Waals surface area contributed by atoms with Crippen molar-refractivity contribution in [3.63, 3.8) is 0 Å². The van der Waals surface area contributed by atoms with E-state index in [0.29, 0.717) is 12.8 Å². The molecule has 0 heterocycles. The van der Waals surface area contributed by atoms with E-state index in [1.165, 1.54) is 0 Å². The summed E-state index contributed by atoms with van der Waals surface area (Å²) in [6, 6.07) is 15.8. The van der Waals surface area contributed by atoms with E-state index in [9.17, 15) is 13.2 Å². The van der Waals surface area contributed by atoms with Crippen LogP contribution in [0.25, 0.3) is 11.1 Å². The summed E-state index contributed by atoms with van der Waals surface area (Å²) in [5, 5.41) is 8.88. The van der Waals surface area contributed by atoms with Crippen LogP contribution in [-0.4, -0.2) is 25.6 Å². The fraction of sp³-hybridized carbons (Fsp3) is 0.316. The summed E-state index contributed by atoms with van der Waals surface area (Å²) in [6.07, 6.45) is 2.80. The van der Waals surface area contributed by atoms with Crippen molar-refractivity contribution in [1.82, 2.24) is 10.2 Å². The summed E-state index contributed by atoms with van der Waals surface area (Å²) < 4.78 is 28.0. The van der Waals surface area contributed by atoms with E-state index in [1.807, 2.05) is 30.3 Å². The van der Waals surface area contributed by atoms with E-state index in [1.54, 1.807) is 29.7 Å². The predicted molar refractivity (Wildman–Crippen MR) is 97.9 cm³/mol. The molecule has 0 bridgehead atoms. The fourth-order valence-corrected chi connectivity index (χ4v) is 4.70. The third kappa shape index (κ3) is 4.12. The van der Waals surface area contributed by atoms with Crippen LogP contribution < -0.4 is 10.2 Å². The summed E-state index contributed by atoms with van der Waals surface area (Å²) in [6.45, 7) is 0. The molecule has 0 spiro atoms. The Bertz CT molecular complexity index is 851. The molecule has 7 heteroatoms. The molecule has 1 fully saturated rings. The molecular weight excluding hydrogens is 352 g/mol. The van der Waals surface area contributed by atoms with Gasteiger partial charge in [0.15, 0.2) is 0 Å². The summed E-state index contributed by atoms with van der Waals surface area (Å²) in [4.78, 5) is 12.0. The number of nitrogens with one attached hydrogen (secondary N) is 2. The molecule has 138 valence electrons. The van der Waals surface area contributed by atoms with Crippen LogP contribution in [0.3, 0.4) is 0 Å². The van der Waals surface area contributed by atoms with Crippen molar-refractivity contribution >= 4 is 15.9 Å². The zero-order chi connectivity index (χ0) is 18.6. The van der Waals surface area contributed by atoms with Crippen LogP contribution >= 0.6 is 0 Å². The lowest BCUT2D eigenvalue weighted by Crippen LogP contribution is -2.47. The Labute approximate surface area is 153 Å². The highest BCUT2D eigenvalue weighted by atomic mass is 32.2. The molecule has 2 aromatic carbocycles. The van der Waals surface area contributed by atoms with Crippen molar-refractivity contribution < 1.29 is 18.4 Å². The molecule has 26 heavy (non-hydrogen) atoms. The molecule has 2 atom stereocenters. The van der Waals surface area contributed by atoms with Gasteiger partial charge in [0.1, 0.15) is 0 Å².